The zero-order valence-corrected chi connectivity index (χ0v) is 8.06. The number of halogens is 1. The Morgan fingerprint density at radius 1 is 1.58 bits per heavy atom. The van der Waals surface area contributed by atoms with Crippen molar-refractivity contribution >= 4 is 18.3 Å². The predicted molar refractivity (Wildman–Crippen MR) is 49.4 cm³/mol. The van der Waals surface area contributed by atoms with Crippen LogP contribution in [0.5, 0.6) is 0 Å². The average molecular weight is 191 g/mol. The summed E-state index contributed by atoms with van der Waals surface area (Å²) in [5, 5.41) is 3.32. The highest BCUT2D eigenvalue weighted by molar-refractivity contribution is 5.85. The topological polar surface area (TPSA) is 32.3 Å². The summed E-state index contributed by atoms with van der Waals surface area (Å²) in [6, 6.07) is 0.531. The number of nitrogens with one attached hydrogen (secondary N) is 1. The number of nitrogens with zero attached hydrogens (tertiary/aromatic N) is 1. The van der Waals surface area contributed by atoms with E-state index in [1.165, 1.54) is 0 Å². The van der Waals surface area contributed by atoms with Crippen LogP contribution in [0.1, 0.15) is 12.8 Å². The SMILES string of the molecule is CN1C(=O)C[C@H]2CNCC[C@H]21.Cl. The highest BCUT2D eigenvalue weighted by atomic mass is 35.5. The molecule has 0 bridgehead atoms. The maximum Gasteiger partial charge on any atom is 0.222 e. The number of hydrogen-bond donors (Lipinski definition) is 1. The molecule has 2 aliphatic heterocycles. The smallest absolute Gasteiger partial charge is 0.222 e. The predicted octanol–water partition coefficient (Wildman–Crippen LogP) is 0.248. The molecule has 2 fully saturated rings. The van der Waals surface area contributed by atoms with Gasteiger partial charge in [-0.2, -0.15) is 0 Å². The van der Waals surface area contributed by atoms with Crippen molar-refractivity contribution in [1.82, 2.24) is 10.2 Å². The lowest BCUT2D eigenvalue weighted by Crippen LogP contribution is -2.42. The molecule has 0 radical (unpaired) electrons. The molecular weight excluding hydrogens is 176 g/mol. The summed E-state index contributed by atoms with van der Waals surface area (Å²) < 4.78 is 0. The molecule has 3 nitrogen and oxygen atoms in total. The van der Waals surface area contributed by atoms with E-state index < -0.39 is 0 Å². The zero-order valence-electron chi connectivity index (χ0n) is 7.25. The third-order valence-corrected chi connectivity index (χ3v) is 2.90. The molecule has 0 aromatic heterocycles. The summed E-state index contributed by atoms with van der Waals surface area (Å²) >= 11 is 0. The quantitative estimate of drug-likeness (QED) is 0.594. The van der Waals surface area contributed by atoms with Gasteiger partial charge in [-0.3, -0.25) is 4.79 Å². The van der Waals surface area contributed by atoms with Crippen molar-refractivity contribution in [3.05, 3.63) is 0 Å². The second kappa shape index (κ2) is 3.62. The number of piperidine rings is 1. The van der Waals surface area contributed by atoms with Crippen LogP contribution in [0.4, 0.5) is 0 Å². The number of fused-ring (bicyclic) bond motifs is 1. The Morgan fingerprint density at radius 2 is 2.33 bits per heavy atom. The van der Waals surface area contributed by atoms with Gasteiger partial charge in [-0.05, 0) is 13.0 Å². The van der Waals surface area contributed by atoms with Gasteiger partial charge in [0.05, 0.1) is 0 Å². The van der Waals surface area contributed by atoms with Crippen LogP contribution in [-0.4, -0.2) is 37.0 Å². The minimum atomic E-state index is 0. The molecule has 70 valence electrons. The summed E-state index contributed by atoms with van der Waals surface area (Å²) in [5.41, 5.74) is 0. The van der Waals surface area contributed by atoms with Crippen LogP contribution in [0.25, 0.3) is 0 Å². The van der Waals surface area contributed by atoms with Crippen LogP contribution in [0.3, 0.4) is 0 Å². The molecule has 2 saturated heterocycles. The highest BCUT2D eigenvalue weighted by Crippen LogP contribution is 2.27. The number of hydrogen-bond acceptors (Lipinski definition) is 2. The molecule has 2 rings (SSSR count). The Kier molecular flexibility index (Phi) is 2.96. The molecule has 2 aliphatic rings. The maximum atomic E-state index is 11.2. The molecule has 1 N–H and O–H groups in total. The van der Waals surface area contributed by atoms with E-state index in [0.717, 1.165) is 25.9 Å². The maximum absolute atomic E-state index is 11.2. The van der Waals surface area contributed by atoms with Gasteiger partial charge in [0.15, 0.2) is 0 Å². The van der Waals surface area contributed by atoms with Gasteiger partial charge in [-0.25, -0.2) is 0 Å². The van der Waals surface area contributed by atoms with Gasteiger partial charge in [-0.1, -0.05) is 0 Å². The minimum Gasteiger partial charge on any atom is -0.342 e. The third-order valence-electron chi connectivity index (χ3n) is 2.90. The monoisotopic (exact) mass is 190 g/mol. The number of likely N-dealkylation sites (tertiary alicyclic amines) is 1. The highest BCUT2D eigenvalue weighted by Gasteiger charge is 2.38. The normalized spacial score (nSPS) is 34.4. The van der Waals surface area contributed by atoms with Gasteiger partial charge in [-0.15, -0.1) is 12.4 Å². The lowest BCUT2D eigenvalue weighted by atomic mass is 9.94. The lowest BCUT2D eigenvalue weighted by Gasteiger charge is -2.29. The molecule has 1 amide bonds. The van der Waals surface area contributed by atoms with Crippen LogP contribution in [0, 0.1) is 5.92 Å². The zero-order chi connectivity index (χ0) is 7.84. The molecule has 4 heteroatoms. The van der Waals surface area contributed by atoms with E-state index in [0.29, 0.717) is 17.9 Å². The summed E-state index contributed by atoms with van der Waals surface area (Å²) in [6.07, 6.45) is 1.89. The number of rotatable bonds is 0. The largest absolute Gasteiger partial charge is 0.342 e. The first-order chi connectivity index (χ1) is 5.29. The fourth-order valence-corrected chi connectivity index (χ4v) is 2.18. The fourth-order valence-electron chi connectivity index (χ4n) is 2.18. The molecule has 0 aromatic rings. The molecule has 0 aliphatic carbocycles. The van der Waals surface area contributed by atoms with Crippen molar-refractivity contribution in [3.8, 4) is 0 Å². The van der Waals surface area contributed by atoms with Crippen molar-refractivity contribution in [2.24, 2.45) is 5.92 Å². The van der Waals surface area contributed by atoms with E-state index in [4.69, 9.17) is 0 Å². The summed E-state index contributed by atoms with van der Waals surface area (Å²) in [5.74, 6) is 0.907. The van der Waals surface area contributed by atoms with Crippen molar-refractivity contribution < 1.29 is 4.79 Å². The van der Waals surface area contributed by atoms with Gasteiger partial charge in [0.2, 0.25) is 5.91 Å². The molecule has 12 heavy (non-hydrogen) atoms. The van der Waals surface area contributed by atoms with Crippen LogP contribution in [0.2, 0.25) is 0 Å². The standard InChI is InChI=1S/C8H14N2O.ClH/c1-10-7-2-3-9-5-6(7)4-8(10)11;/h6-7,9H,2-5H2,1H3;1H/t6-,7+;/m0./s1. The lowest BCUT2D eigenvalue weighted by molar-refractivity contribution is -0.127. The van der Waals surface area contributed by atoms with E-state index >= 15 is 0 Å². The molecule has 2 heterocycles. The second-order valence-corrected chi connectivity index (χ2v) is 3.53. The van der Waals surface area contributed by atoms with Crippen molar-refractivity contribution in [2.45, 2.75) is 18.9 Å². The summed E-state index contributed by atoms with van der Waals surface area (Å²) in [4.78, 5) is 13.2. The molecule has 0 unspecified atom stereocenters. The van der Waals surface area contributed by atoms with Crippen LogP contribution in [0.15, 0.2) is 0 Å². The van der Waals surface area contributed by atoms with E-state index in [1.54, 1.807) is 0 Å². The average Bonchev–Trinajstić information content (AvgIpc) is 2.30. The van der Waals surface area contributed by atoms with Crippen LogP contribution >= 0.6 is 12.4 Å². The van der Waals surface area contributed by atoms with Crippen molar-refractivity contribution in [2.75, 3.05) is 20.1 Å². The fraction of sp³-hybridized carbons (Fsp3) is 0.875. The van der Waals surface area contributed by atoms with Crippen molar-refractivity contribution in [3.63, 3.8) is 0 Å². The number of carbonyl (C=O) groups excluding carboxylic acids is 1. The Bertz CT molecular complexity index is 186. The Balaban J connectivity index is 0.000000720. The van der Waals surface area contributed by atoms with Gasteiger partial charge in [0, 0.05) is 32.0 Å². The molecular formula is C8H15ClN2O. The summed E-state index contributed by atoms with van der Waals surface area (Å²) in [7, 11) is 1.93. The number of amides is 1. The number of carbonyl (C=O) groups is 1. The Labute approximate surface area is 78.9 Å². The molecule has 2 atom stereocenters. The van der Waals surface area contributed by atoms with Gasteiger partial charge < -0.3 is 10.2 Å². The second-order valence-electron chi connectivity index (χ2n) is 3.53. The molecule has 0 saturated carbocycles. The van der Waals surface area contributed by atoms with E-state index in [2.05, 4.69) is 5.32 Å². The Hall–Kier alpha value is -0.280. The molecule has 0 aromatic carbocycles. The minimum absolute atomic E-state index is 0. The van der Waals surface area contributed by atoms with E-state index in [1.807, 2.05) is 11.9 Å². The first kappa shape index (κ1) is 9.81. The Morgan fingerprint density at radius 3 is 3.00 bits per heavy atom. The van der Waals surface area contributed by atoms with E-state index in [9.17, 15) is 4.79 Å². The van der Waals surface area contributed by atoms with Crippen LogP contribution < -0.4 is 5.32 Å². The van der Waals surface area contributed by atoms with E-state index in [-0.39, 0.29) is 12.4 Å². The van der Waals surface area contributed by atoms with Gasteiger partial charge in [0.25, 0.3) is 0 Å². The first-order valence-corrected chi connectivity index (χ1v) is 4.25. The first-order valence-electron chi connectivity index (χ1n) is 4.25. The molecule has 0 spiro atoms. The van der Waals surface area contributed by atoms with Crippen molar-refractivity contribution in [1.29, 1.82) is 0 Å². The van der Waals surface area contributed by atoms with Gasteiger partial charge >= 0.3 is 0 Å². The third kappa shape index (κ3) is 1.43. The summed E-state index contributed by atoms with van der Waals surface area (Å²) in [6.45, 7) is 2.10. The van der Waals surface area contributed by atoms with Crippen LogP contribution in [-0.2, 0) is 4.79 Å². The van der Waals surface area contributed by atoms with Gasteiger partial charge in [0.1, 0.15) is 0 Å².